The number of hydrogen-bond acceptors (Lipinski definition) is 6. The molecule has 0 spiro atoms. The first-order chi connectivity index (χ1) is 13.7. The van der Waals surface area contributed by atoms with Gasteiger partial charge in [0.05, 0.1) is 58.0 Å². The van der Waals surface area contributed by atoms with Gasteiger partial charge in [0.15, 0.2) is 0 Å². The van der Waals surface area contributed by atoms with Crippen molar-refractivity contribution in [3.63, 3.8) is 0 Å². The van der Waals surface area contributed by atoms with E-state index in [1.54, 1.807) is 0 Å². The van der Waals surface area contributed by atoms with Gasteiger partial charge in [-0.05, 0) is 19.3 Å². The third-order valence-corrected chi connectivity index (χ3v) is 7.71. The predicted molar refractivity (Wildman–Crippen MR) is 109 cm³/mol. The molecular formula is C21H40O6Si. The lowest BCUT2D eigenvalue weighted by atomic mass is 9.94. The lowest BCUT2D eigenvalue weighted by molar-refractivity contribution is -0.159. The second-order valence-corrected chi connectivity index (χ2v) is 10.1. The second kappa shape index (κ2) is 12.0. The fraction of sp³-hybridized carbons (Fsp3) is 1.00. The van der Waals surface area contributed by atoms with Gasteiger partial charge in [0.2, 0.25) is 0 Å². The first-order valence-electron chi connectivity index (χ1n) is 11.4. The fourth-order valence-electron chi connectivity index (χ4n) is 4.24. The average molecular weight is 417 g/mol. The molecular weight excluding hydrogens is 376 g/mol. The highest BCUT2D eigenvalue weighted by Crippen LogP contribution is 2.28. The SMILES string of the molecule is CCCC1COC1CO[SiH](OCC1OCC1CCC)OCC1OCC1CCC. The van der Waals surface area contributed by atoms with Crippen LogP contribution in [0.5, 0.6) is 0 Å². The van der Waals surface area contributed by atoms with E-state index < -0.39 is 9.53 Å². The molecule has 6 unspecified atom stereocenters. The van der Waals surface area contributed by atoms with Crippen LogP contribution in [0.2, 0.25) is 0 Å². The molecule has 164 valence electrons. The smallest absolute Gasteiger partial charge is 0.375 e. The van der Waals surface area contributed by atoms with E-state index in [-0.39, 0.29) is 18.3 Å². The Labute approximate surface area is 172 Å². The summed E-state index contributed by atoms with van der Waals surface area (Å²) >= 11 is 0. The summed E-state index contributed by atoms with van der Waals surface area (Å²) in [5, 5.41) is 0. The van der Waals surface area contributed by atoms with Crippen molar-refractivity contribution in [1.82, 2.24) is 0 Å². The zero-order chi connectivity index (χ0) is 19.8. The maximum absolute atomic E-state index is 6.11. The summed E-state index contributed by atoms with van der Waals surface area (Å²) in [7, 11) is -2.22. The monoisotopic (exact) mass is 416 g/mol. The van der Waals surface area contributed by atoms with Crippen LogP contribution >= 0.6 is 0 Å². The fourth-order valence-corrected chi connectivity index (χ4v) is 5.57. The number of rotatable bonds is 15. The van der Waals surface area contributed by atoms with E-state index in [2.05, 4.69) is 20.8 Å². The van der Waals surface area contributed by atoms with Crippen LogP contribution in [0, 0.1) is 17.8 Å². The van der Waals surface area contributed by atoms with Crippen molar-refractivity contribution in [2.45, 2.75) is 77.6 Å². The van der Waals surface area contributed by atoms with Crippen LogP contribution < -0.4 is 0 Å². The Kier molecular flexibility index (Phi) is 9.70. The highest BCUT2D eigenvalue weighted by Gasteiger charge is 2.37. The molecule has 3 saturated heterocycles. The predicted octanol–water partition coefficient (Wildman–Crippen LogP) is 3.20. The summed E-state index contributed by atoms with van der Waals surface area (Å²) in [5.74, 6) is 1.85. The quantitative estimate of drug-likeness (QED) is 0.382. The lowest BCUT2D eigenvalue weighted by Crippen LogP contribution is -2.49. The molecule has 0 radical (unpaired) electrons. The van der Waals surface area contributed by atoms with Gasteiger partial charge in [-0.3, -0.25) is 0 Å². The third kappa shape index (κ3) is 6.24. The average Bonchev–Trinajstić information content (AvgIpc) is 2.65. The normalized spacial score (nSPS) is 35.7. The molecule has 0 aromatic rings. The first-order valence-corrected chi connectivity index (χ1v) is 12.9. The Morgan fingerprint density at radius 2 is 0.929 bits per heavy atom. The molecule has 7 heteroatoms. The first kappa shape index (κ1) is 22.7. The molecule has 0 N–H and O–H groups in total. The third-order valence-electron chi connectivity index (χ3n) is 6.32. The van der Waals surface area contributed by atoms with Crippen molar-refractivity contribution >= 4 is 9.53 Å². The molecule has 3 aliphatic heterocycles. The molecule has 3 fully saturated rings. The van der Waals surface area contributed by atoms with Gasteiger partial charge in [-0.25, -0.2) is 0 Å². The van der Waals surface area contributed by atoms with E-state index >= 15 is 0 Å². The molecule has 0 bridgehead atoms. The van der Waals surface area contributed by atoms with Gasteiger partial charge in [0.25, 0.3) is 0 Å². The van der Waals surface area contributed by atoms with Gasteiger partial charge in [0, 0.05) is 17.8 Å². The Morgan fingerprint density at radius 3 is 1.14 bits per heavy atom. The van der Waals surface area contributed by atoms with Crippen LogP contribution in [-0.2, 0) is 27.5 Å². The van der Waals surface area contributed by atoms with Crippen molar-refractivity contribution in [2.24, 2.45) is 17.8 Å². The minimum Gasteiger partial charge on any atom is -0.375 e. The van der Waals surface area contributed by atoms with Crippen LogP contribution in [0.3, 0.4) is 0 Å². The molecule has 0 saturated carbocycles. The number of hydrogen-bond donors (Lipinski definition) is 0. The Morgan fingerprint density at radius 1 is 0.607 bits per heavy atom. The highest BCUT2D eigenvalue weighted by atomic mass is 28.3. The van der Waals surface area contributed by atoms with E-state index in [9.17, 15) is 0 Å². The van der Waals surface area contributed by atoms with Crippen molar-refractivity contribution in [1.29, 1.82) is 0 Å². The zero-order valence-electron chi connectivity index (χ0n) is 18.0. The van der Waals surface area contributed by atoms with Crippen LogP contribution in [0.15, 0.2) is 0 Å². The van der Waals surface area contributed by atoms with Gasteiger partial charge in [-0.1, -0.05) is 40.0 Å². The summed E-state index contributed by atoms with van der Waals surface area (Å²) in [6.07, 6.45) is 7.76. The van der Waals surface area contributed by atoms with Crippen molar-refractivity contribution in [3.05, 3.63) is 0 Å². The molecule has 3 rings (SSSR count). The molecule has 6 atom stereocenters. The molecule has 3 aliphatic rings. The summed E-state index contributed by atoms with van der Waals surface area (Å²) in [6.45, 7) is 11.0. The lowest BCUT2D eigenvalue weighted by Gasteiger charge is -2.39. The summed E-state index contributed by atoms with van der Waals surface area (Å²) in [6, 6.07) is 0. The Balaban J connectivity index is 1.41. The maximum atomic E-state index is 6.11. The van der Waals surface area contributed by atoms with Gasteiger partial charge >= 0.3 is 9.53 Å². The van der Waals surface area contributed by atoms with Crippen molar-refractivity contribution < 1.29 is 27.5 Å². The largest absolute Gasteiger partial charge is 0.484 e. The molecule has 0 aliphatic carbocycles. The van der Waals surface area contributed by atoms with Gasteiger partial charge in [-0.2, -0.15) is 0 Å². The molecule has 3 heterocycles. The molecule has 6 nitrogen and oxygen atoms in total. The summed E-state index contributed by atoms with van der Waals surface area (Å²) in [4.78, 5) is 0. The number of ether oxygens (including phenoxy) is 3. The maximum Gasteiger partial charge on any atom is 0.484 e. The summed E-state index contributed by atoms with van der Waals surface area (Å²) < 4.78 is 35.4. The van der Waals surface area contributed by atoms with E-state index in [0.29, 0.717) is 37.6 Å². The zero-order valence-corrected chi connectivity index (χ0v) is 19.1. The van der Waals surface area contributed by atoms with Crippen LogP contribution in [-0.4, -0.2) is 67.5 Å². The van der Waals surface area contributed by atoms with Crippen LogP contribution in [0.4, 0.5) is 0 Å². The van der Waals surface area contributed by atoms with Gasteiger partial charge < -0.3 is 27.5 Å². The van der Waals surface area contributed by atoms with E-state index in [1.807, 2.05) is 0 Å². The molecule has 0 aromatic carbocycles. The van der Waals surface area contributed by atoms with Gasteiger partial charge in [0.1, 0.15) is 0 Å². The Hall–Kier alpha value is -0.0231. The topological polar surface area (TPSA) is 55.4 Å². The van der Waals surface area contributed by atoms with Crippen molar-refractivity contribution in [2.75, 3.05) is 39.6 Å². The minimum atomic E-state index is -2.22. The van der Waals surface area contributed by atoms with E-state index in [1.165, 1.54) is 38.5 Å². The second-order valence-electron chi connectivity index (χ2n) is 8.55. The van der Waals surface area contributed by atoms with Crippen LogP contribution in [0.25, 0.3) is 0 Å². The molecule has 0 aromatic heterocycles. The molecule has 28 heavy (non-hydrogen) atoms. The summed E-state index contributed by atoms with van der Waals surface area (Å²) in [5.41, 5.74) is 0. The highest BCUT2D eigenvalue weighted by molar-refractivity contribution is 6.36. The van der Waals surface area contributed by atoms with E-state index in [0.717, 1.165) is 19.8 Å². The standard InChI is InChI=1S/C21H40O6Si/c1-4-7-16-10-22-19(16)13-25-28(26-14-20-17(8-5-2)11-23-20)27-15-21-18(9-6-3)12-24-21/h16-21,28H,4-15H2,1-3H3. The van der Waals surface area contributed by atoms with Crippen LogP contribution in [0.1, 0.15) is 59.3 Å². The van der Waals surface area contributed by atoms with Crippen molar-refractivity contribution in [3.8, 4) is 0 Å². The Bertz CT molecular complexity index is 377. The minimum absolute atomic E-state index is 0.197. The van der Waals surface area contributed by atoms with Gasteiger partial charge in [-0.15, -0.1) is 0 Å². The molecule has 0 amide bonds. The van der Waals surface area contributed by atoms with E-state index in [4.69, 9.17) is 27.5 Å².